The van der Waals surface area contributed by atoms with Crippen LogP contribution in [-0.4, -0.2) is 34.2 Å². The van der Waals surface area contributed by atoms with E-state index in [1.807, 2.05) is 12.1 Å². The van der Waals surface area contributed by atoms with Gasteiger partial charge in [0, 0.05) is 22.7 Å². The second-order valence-corrected chi connectivity index (χ2v) is 5.21. The minimum Gasteiger partial charge on any atom is -0.345 e. The Bertz CT molecular complexity index is 704. The van der Waals surface area contributed by atoms with E-state index < -0.39 is 5.72 Å². The number of rotatable bonds is 1. The van der Waals surface area contributed by atoms with Crippen molar-refractivity contribution in [2.45, 2.75) is 5.72 Å². The number of hydrogen-bond donors (Lipinski definition) is 0. The molecule has 0 unspecified atom stereocenters. The maximum Gasteiger partial charge on any atom is 0.258 e. The van der Waals surface area contributed by atoms with Gasteiger partial charge in [0.1, 0.15) is 0 Å². The maximum atomic E-state index is 12.5. The molecule has 0 aliphatic carbocycles. The number of amides is 1. The van der Waals surface area contributed by atoms with Gasteiger partial charge in [-0.3, -0.25) is 9.69 Å². The van der Waals surface area contributed by atoms with Crippen LogP contribution in [0.15, 0.2) is 36.7 Å². The van der Waals surface area contributed by atoms with E-state index in [1.165, 1.54) is 6.20 Å². The quantitative estimate of drug-likeness (QED) is 0.803. The number of halogens is 1. The zero-order valence-electron chi connectivity index (χ0n) is 10.4. The first-order valence-corrected chi connectivity index (χ1v) is 6.64. The predicted octanol–water partition coefficient (Wildman–Crippen LogP) is 1.82. The molecule has 0 bridgehead atoms. The van der Waals surface area contributed by atoms with Gasteiger partial charge < -0.3 is 4.74 Å². The number of carbonyl (C=O) groups is 1. The van der Waals surface area contributed by atoms with Gasteiger partial charge in [-0.1, -0.05) is 23.7 Å². The SMILES string of the molecule is O=C1c2cnncc2[C@@]2(c3ccc(Cl)cc3)OCCN12. The molecule has 1 aromatic heterocycles. The molecule has 1 fully saturated rings. The highest BCUT2D eigenvalue weighted by atomic mass is 35.5. The van der Waals surface area contributed by atoms with E-state index in [-0.39, 0.29) is 5.91 Å². The van der Waals surface area contributed by atoms with Crippen molar-refractivity contribution >= 4 is 17.5 Å². The van der Waals surface area contributed by atoms with E-state index in [0.29, 0.717) is 23.7 Å². The van der Waals surface area contributed by atoms with Gasteiger partial charge >= 0.3 is 0 Å². The number of ether oxygens (including phenoxy) is 1. The first kappa shape index (κ1) is 11.8. The second-order valence-electron chi connectivity index (χ2n) is 4.77. The molecule has 1 atom stereocenters. The summed E-state index contributed by atoms with van der Waals surface area (Å²) in [5, 5.41) is 8.35. The van der Waals surface area contributed by atoms with E-state index in [1.54, 1.807) is 23.2 Å². The molecule has 4 rings (SSSR count). The van der Waals surface area contributed by atoms with Crippen molar-refractivity contribution in [3.05, 3.63) is 58.4 Å². The fourth-order valence-corrected chi connectivity index (χ4v) is 3.09. The molecular weight excluding hydrogens is 278 g/mol. The molecule has 2 aliphatic rings. The molecule has 2 aliphatic heterocycles. The number of carbonyl (C=O) groups excluding carboxylic acids is 1. The van der Waals surface area contributed by atoms with Gasteiger partial charge in [-0.05, 0) is 12.1 Å². The summed E-state index contributed by atoms with van der Waals surface area (Å²) in [6.45, 7) is 1.05. The van der Waals surface area contributed by atoms with E-state index in [0.717, 1.165) is 11.1 Å². The minimum atomic E-state index is -0.882. The summed E-state index contributed by atoms with van der Waals surface area (Å²) in [5.74, 6) is -0.0673. The van der Waals surface area contributed by atoms with Gasteiger partial charge in [0.05, 0.1) is 24.6 Å². The van der Waals surface area contributed by atoms with Crippen LogP contribution in [0.1, 0.15) is 21.5 Å². The summed E-state index contributed by atoms with van der Waals surface area (Å²) in [6, 6.07) is 7.35. The van der Waals surface area contributed by atoms with Crippen LogP contribution in [-0.2, 0) is 10.5 Å². The Balaban J connectivity index is 1.99. The molecular formula is C14H10ClN3O2. The Morgan fingerprint density at radius 3 is 2.75 bits per heavy atom. The Morgan fingerprint density at radius 2 is 1.95 bits per heavy atom. The van der Waals surface area contributed by atoms with Crippen molar-refractivity contribution in [1.29, 1.82) is 0 Å². The van der Waals surface area contributed by atoms with Gasteiger partial charge in [0.15, 0.2) is 5.72 Å². The predicted molar refractivity (Wildman–Crippen MR) is 71.3 cm³/mol. The molecule has 3 heterocycles. The summed E-state index contributed by atoms with van der Waals surface area (Å²) in [5.41, 5.74) is 1.29. The van der Waals surface area contributed by atoms with Crippen molar-refractivity contribution in [2.24, 2.45) is 0 Å². The zero-order chi connectivity index (χ0) is 13.7. The maximum absolute atomic E-state index is 12.5. The van der Waals surface area contributed by atoms with E-state index in [2.05, 4.69) is 10.2 Å². The molecule has 20 heavy (non-hydrogen) atoms. The topological polar surface area (TPSA) is 55.3 Å². The molecule has 100 valence electrons. The first-order chi connectivity index (χ1) is 9.73. The van der Waals surface area contributed by atoms with Crippen LogP contribution in [0.3, 0.4) is 0 Å². The molecule has 0 saturated carbocycles. The largest absolute Gasteiger partial charge is 0.345 e. The van der Waals surface area contributed by atoms with E-state index >= 15 is 0 Å². The number of nitrogens with zero attached hydrogens (tertiary/aromatic N) is 3. The van der Waals surface area contributed by atoms with Crippen molar-refractivity contribution < 1.29 is 9.53 Å². The van der Waals surface area contributed by atoms with Crippen molar-refractivity contribution in [1.82, 2.24) is 15.1 Å². The first-order valence-electron chi connectivity index (χ1n) is 6.26. The lowest BCUT2D eigenvalue weighted by molar-refractivity contribution is -0.0306. The fourth-order valence-electron chi connectivity index (χ4n) is 2.97. The monoisotopic (exact) mass is 287 g/mol. The highest BCUT2D eigenvalue weighted by Gasteiger charge is 2.55. The summed E-state index contributed by atoms with van der Waals surface area (Å²) < 4.78 is 5.98. The minimum absolute atomic E-state index is 0.0673. The molecule has 2 aromatic rings. The van der Waals surface area contributed by atoms with Crippen molar-refractivity contribution in [3.63, 3.8) is 0 Å². The Kier molecular flexibility index (Phi) is 2.37. The van der Waals surface area contributed by atoms with Crippen molar-refractivity contribution in [3.8, 4) is 0 Å². The summed E-state index contributed by atoms with van der Waals surface area (Å²) in [4.78, 5) is 14.2. The van der Waals surface area contributed by atoms with Gasteiger partial charge in [-0.2, -0.15) is 10.2 Å². The zero-order valence-corrected chi connectivity index (χ0v) is 11.2. The third-order valence-corrected chi connectivity index (χ3v) is 4.06. The molecule has 1 aromatic carbocycles. The van der Waals surface area contributed by atoms with Crippen LogP contribution in [0.25, 0.3) is 0 Å². The van der Waals surface area contributed by atoms with Crippen LogP contribution in [0.4, 0.5) is 0 Å². The summed E-state index contributed by atoms with van der Waals surface area (Å²) >= 11 is 5.94. The lowest BCUT2D eigenvalue weighted by atomic mass is 9.96. The molecule has 1 saturated heterocycles. The van der Waals surface area contributed by atoms with Crippen LogP contribution in [0.2, 0.25) is 5.02 Å². The van der Waals surface area contributed by atoms with Gasteiger partial charge in [0.25, 0.3) is 5.91 Å². The highest BCUT2D eigenvalue weighted by molar-refractivity contribution is 6.30. The smallest absolute Gasteiger partial charge is 0.258 e. The van der Waals surface area contributed by atoms with Crippen LogP contribution in [0.5, 0.6) is 0 Å². The average Bonchev–Trinajstić information content (AvgIpc) is 3.01. The normalized spacial score (nSPS) is 23.9. The highest BCUT2D eigenvalue weighted by Crippen LogP contribution is 2.47. The molecule has 0 radical (unpaired) electrons. The van der Waals surface area contributed by atoms with Crippen molar-refractivity contribution in [2.75, 3.05) is 13.2 Å². The van der Waals surface area contributed by atoms with Crippen LogP contribution < -0.4 is 0 Å². The van der Waals surface area contributed by atoms with Gasteiger partial charge in [-0.25, -0.2) is 0 Å². The number of hydrogen-bond acceptors (Lipinski definition) is 4. The summed E-state index contributed by atoms with van der Waals surface area (Å²) in [7, 11) is 0. The van der Waals surface area contributed by atoms with Gasteiger partial charge in [0.2, 0.25) is 0 Å². The van der Waals surface area contributed by atoms with Gasteiger partial charge in [-0.15, -0.1) is 0 Å². The third-order valence-electron chi connectivity index (χ3n) is 3.81. The third kappa shape index (κ3) is 1.34. The lowest BCUT2D eigenvalue weighted by Crippen LogP contribution is -2.40. The Labute approximate surface area is 120 Å². The Morgan fingerprint density at radius 1 is 1.20 bits per heavy atom. The second kappa shape index (κ2) is 4.01. The molecule has 0 spiro atoms. The molecule has 6 heteroatoms. The fraction of sp³-hybridized carbons (Fsp3) is 0.214. The molecule has 1 amide bonds. The van der Waals surface area contributed by atoms with E-state index in [9.17, 15) is 4.79 Å². The standard InChI is InChI=1S/C14H10ClN3O2/c15-10-3-1-9(2-4-10)14-12-8-17-16-7-11(12)13(19)18(14)5-6-20-14/h1-4,7-8H,5-6H2/t14-/m1/s1. The number of fused-ring (bicyclic) bond motifs is 3. The summed E-state index contributed by atoms with van der Waals surface area (Å²) in [6.07, 6.45) is 3.10. The average molecular weight is 288 g/mol. The lowest BCUT2D eigenvalue weighted by Gasteiger charge is -2.31. The molecule has 0 N–H and O–H groups in total. The van der Waals surface area contributed by atoms with Crippen LogP contribution in [0, 0.1) is 0 Å². The number of benzene rings is 1. The van der Waals surface area contributed by atoms with E-state index in [4.69, 9.17) is 16.3 Å². The van der Waals surface area contributed by atoms with Crippen LogP contribution >= 0.6 is 11.6 Å². The molecule has 5 nitrogen and oxygen atoms in total. The Hall–Kier alpha value is -1.98. The number of aromatic nitrogens is 2.